The molecular formula is C23H25BrClN5O3S. The monoisotopic (exact) mass is 565 g/mol. The summed E-state index contributed by atoms with van der Waals surface area (Å²) < 4.78 is 7.78. The van der Waals surface area contributed by atoms with E-state index in [4.69, 9.17) is 16.3 Å². The van der Waals surface area contributed by atoms with E-state index in [0.717, 1.165) is 15.8 Å². The standard InChI is InChI=1S/C23H25BrClN5O3S/c1-4-30-20(13-26-21(31)11-15-5-8-17(33-3)9-6-15)28-29-23(30)34-14(2)22(32)27-16-7-10-18(24)19(25)12-16/h5-10,12,14H,4,11,13H2,1-3H3,(H,26,31)(H,27,32)/t14-/m1/s1. The van der Waals surface area contributed by atoms with Crippen molar-refractivity contribution in [1.29, 1.82) is 0 Å². The molecule has 0 aliphatic rings. The average molecular weight is 567 g/mol. The van der Waals surface area contributed by atoms with E-state index >= 15 is 0 Å². The highest BCUT2D eigenvalue weighted by Crippen LogP contribution is 2.27. The molecule has 1 atom stereocenters. The van der Waals surface area contributed by atoms with Gasteiger partial charge in [-0.25, -0.2) is 0 Å². The van der Waals surface area contributed by atoms with Gasteiger partial charge in [0.15, 0.2) is 11.0 Å². The maximum atomic E-state index is 12.6. The largest absolute Gasteiger partial charge is 0.497 e. The molecule has 34 heavy (non-hydrogen) atoms. The van der Waals surface area contributed by atoms with Crippen molar-refractivity contribution in [1.82, 2.24) is 20.1 Å². The van der Waals surface area contributed by atoms with Crippen molar-refractivity contribution in [2.75, 3.05) is 12.4 Å². The van der Waals surface area contributed by atoms with Gasteiger partial charge < -0.3 is 19.9 Å². The number of rotatable bonds is 10. The van der Waals surface area contributed by atoms with Crippen LogP contribution in [0.5, 0.6) is 5.75 Å². The van der Waals surface area contributed by atoms with E-state index in [1.54, 1.807) is 32.2 Å². The van der Waals surface area contributed by atoms with Gasteiger partial charge >= 0.3 is 0 Å². The zero-order valence-electron chi connectivity index (χ0n) is 19.0. The number of halogens is 2. The van der Waals surface area contributed by atoms with E-state index in [-0.39, 0.29) is 24.8 Å². The second kappa shape index (κ2) is 12.2. The molecule has 0 fully saturated rings. The maximum absolute atomic E-state index is 12.6. The highest BCUT2D eigenvalue weighted by atomic mass is 79.9. The Morgan fingerprint density at radius 3 is 2.59 bits per heavy atom. The van der Waals surface area contributed by atoms with Crippen LogP contribution in [0.2, 0.25) is 5.02 Å². The third-order valence-electron chi connectivity index (χ3n) is 4.92. The van der Waals surface area contributed by atoms with Crippen LogP contribution in [0.4, 0.5) is 5.69 Å². The lowest BCUT2D eigenvalue weighted by molar-refractivity contribution is -0.120. The first-order valence-corrected chi connectivity index (χ1v) is 12.6. The van der Waals surface area contributed by atoms with Crippen molar-refractivity contribution >= 4 is 56.8 Å². The molecule has 2 N–H and O–H groups in total. The Morgan fingerprint density at radius 2 is 1.94 bits per heavy atom. The van der Waals surface area contributed by atoms with Crippen molar-refractivity contribution in [3.8, 4) is 5.75 Å². The third kappa shape index (κ3) is 6.97. The highest BCUT2D eigenvalue weighted by molar-refractivity contribution is 9.10. The number of carbonyl (C=O) groups is 2. The van der Waals surface area contributed by atoms with Gasteiger partial charge in [0, 0.05) is 16.7 Å². The number of methoxy groups -OCH3 is 1. The Balaban J connectivity index is 1.56. The van der Waals surface area contributed by atoms with Crippen LogP contribution in [0.1, 0.15) is 25.2 Å². The van der Waals surface area contributed by atoms with E-state index in [2.05, 4.69) is 36.8 Å². The summed E-state index contributed by atoms with van der Waals surface area (Å²) in [5, 5.41) is 14.9. The second-order valence-electron chi connectivity index (χ2n) is 7.32. The molecule has 2 amide bonds. The molecule has 0 aliphatic heterocycles. The predicted octanol–water partition coefficient (Wildman–Crippen LogP) is 4.70. The summed E-state index contributed by atoms with van der Waals surface area (Å²) in [5.74, 6) is 1.07. The van der Waals surface area contributed by atoms with Crippen molar-refractivity contribution in [3.05, 3.63) is 63.3 Å². The zero-order valence-corrected chi connectivity index (χ0v) is 22.1. The molecule has 3 aromatic rings. The lowest BCUT2D eigenvalue weighted by Gasteiger charge is -2.13. The SMILES string of the molecule is CCn1c(CNC(=O)Cc2ccc(OC)cc2)nnc1S[C@H](C)C(=O)Nc1ccc(Br)c(Cl)c1. The van der Waals surface area contributed by atoms with Gasteiger partial charge in [0.2, 0.25) is 11.8 Å². The Labute approximate surface area is 215 Å². The van der Waals surface area contributed by atoms with Crippen LogP contribution in [-0.4, -0.2) is 38.9 Å². The molecule has 0 saturated heterocycles. The summed E-state index contributed by atoms with van der Waals surface area (Å²) in [4.78, 5) is 25.0. The van der Waals surface area contributed by atoms with E-state index in [1.165, 1.54) is 11.8 Å². The number of thioether (sulfide) groups is 1. The number of hydrogen-bond acceptors (Lipinski definition) is 6. The Morgan fingerprint density at radius 1 is 1.21 bits per heavy atom. The zero-order chi connectivity index (χ0) is 24.7. The smallest absolute Gasteiger partial charge is 0.237 e. The summed E-state index contributed by atoms with van der Waals surface area (Å²) in [6.45, 7) is 4.61. The molecule has 11 heteroatoms. The van der Waals surface area contributed by atoms with Crippen LogP contribution < -0.4 is 15.4 Å². The Kier molecular flexibility index (Phi) is 9.37. The maximum Gasteiger partial charge on any atom is 0.237 e. The van der Waals surface area contributed by atoms with Crippen LogP contribution in [0.3, 0.4) is 0 Å². The molecule has 8 nitrogen and oxygen atoms in total. The van der Waals surface area contributed by atoms with Crippen LogP contribution >= 0.6 is 39.3 Å². The average Bonchev–Trinajstić information content (AvgIpc) is 3.21. The number of amides is 2. The fraction of sp³-hybridized carbons (Fsp3) is 0.304. The lowest BCUT2D eigenvalue weighted by Crippen LogP contribution is -2.26. The molecule has 3 rings (SSSR count). The number of anilines is 1. The Hall–Kier alpha value is -2.56. The number of hydrogen-bond donors (Lipinski definition) is 2. The van der Waals surface area contributed by atoms with Gasteiger partial charge in [-0.1, -0.05) is 35.5 Å². The molecule has 0 saturated carbocycles. The van der Waals surface area contributed by atoms with E-state index < -0.39 is 5.25 Å². The number of ether oxygens (including phenoxy) is 1. The minimum Gasteiger partial charge on any atom is -0.497 e. The number of nitrogens with zero attached hydrogens (tertiary/aromatic N) is 3. The van der Waals surface area contributed by atoms with Gasteiger partial charge in [0.1, 0.15) is 5.75 Å². The fourth-order valence-corrected chi connectivity index (χ4v) is 4.41. The molecule has 2 aromatic carbocycles. The summed E-state index contributed by atoms with van der Waals surface area (Å²) in [6.07, 6.45) is 0.253. The van der Waals surface area contributed by atoms with Crippen LogP contribution in [0, 0.1) is 0 Å². The first-order chi connectivity index (χ1) is 16.3. The molecule has 0 spiro atoms. The van der Waals surface area contributed by atoms with Gasteiger partial charge in [-0.05, 0) is 65.7 Å². The molecule has 1 heterocycles. The molecule has 1 aromatic heterocycles. The summed E-state index contributed by atoms with van der Waals surface area (Å²) >= 11 is 10.7. The normalized spacial score (nSPS) is 11.7. The lowest BCUT2D eigenvalue weighted by atomic mass is 10.1. The summed E-state index contributed by atoms with van der Waals surface area (Å²) in [5.41, 5.74) is 1.50. The molecule has 180 valence electrons. The molecular weight excluding hydrogens is 542 g/mol. The van der Waals surface area contributed by atoms with Crippen molar-refractivity contribution in [2.24, 2.45) is 0 Å². The number of aromatic nitrogens is 3. The van der Waals surface area contributed by atoms with E-state index in [0.29, 0.717) is 28.2 Å². The van der Waals surface area contributed by atoms with E-state index in [1.807, 2.05) is 35.8 Å². The van der Waals surface area contributed by atoms with Gasteiger partial charge in [0.25, 0.3) is 0 Å². The predicted molar refractivity (Wildman–Crippen MR) is 137 cm³/mol. The molecule has 0 bridgehead atoms. The first kappa shape index (κ1) is 26.1. The minimum atomic E-state index is -0.422. The Bertz CT molecular complexity index is 1160. The molecule has 0 aliphatic carbocycles. The number of carbonyl (C=O) groups excluding carboxylic acids is 2. The first-order valence-electron chi connectivity index (χ1n) is 10.5. The van der Waals surface area contributed by atoms with Crippen LogP contribution in [-0.2, 0) is 29.1 Å². The van der Waals surface area contributed by atoms with Crippen LogP contribution in [0.25, 0.3) is 0 Å². The van der Waals surface area contributed by atoms with Gasteiger partial charge in [-0.15, -0.1) is 10.2 Å². The van der Waals surface area contributed by atoms with Crippen molar-refractivity contribution < 1.29 is 14.3 Å². The van der Waals surface area contributed by atoms with Gasteiger partial charge in [-0.3, -0.25) is 9.59 Å². The van der Waals surface area contributed by atoms with Gasteiger partial charge in [0.05, 0.1) is 30.3 Å². The second-order valence-corrected chi connectivity index (χ2v) is 9.89. The third-order valence-corrected chi connectivity index (χ3v) is 7.23. The van der Waals surface area contributed by atoms with Gasteiger partial charge in [-0.2, -0.15) is 0 Å². The van der Waals surface area contributed by atoms with Crippen LogP contribution in [0.15, 0.2) is 52.1 Å². The summed E-state index contributed by atoms with van der Waals surface area (Å²) in [6, 6.07) is 12.6. The van der Waals surface area contributed by atoms with Crippen molar-refractivity contribution in [2.45, 2.75) is 43.8 Å². The number of benzene rings is 2. The topological polar surface area (TPSA) is 98.1 Å². The van der Waals surface area contributed by atoms with E-state index in [9.17, 15) is 9.59 Å². The molecule has 0 unspecified atom stereocenters. The number of nitrogens with one attached hydrogen (secondary N) is 2. The highest BCUT2D eigenvalue weighted by Gasteiger charge is 2.20. The summed E-state index contributed by atoms with van der Waals surface area (Å²) in [7, 11) is 1.60. The van der Waals surface area contributed by atoms with Crippen molar-refractivity contribution in [3.63, 3.8) is 0 Å². The molecule has 0 radical (unpaired) electrons. The fourth-order valence-electron chi connectivity index (χ4n) is 3.05. The minimum absolute atomic E-state index is 0.120. The quantitative estimate of drug-likeness (QED) is 0.345.